The number of ketones is 1. The fourth-order valence-electron chi connectivity index (χ4n) is 4.52. The summed E-state index contributed by atoms with van der Waals surface area (Å²) in [6, 6.07) is -0.550. The van der Waals surface area contributed by atoms with Gasteiger partial charge in [-0.05, 0) is 24.3 Å². The Kier molecular flexibility index (Phi) is 4.44. The van der Waals surface area contributed by atoms with Gasteiger partial charge in [-0.1, -0.05) is 20.8 Å². The lowest BCUT2D eigenvalue weighted by atomic mass is 9.52. The van der Waals surface area contributed by atoms with Gasteiger partial charge in [0.15, 0.2) is 0 Å². The molecule has 1 saturated heterocycles. The lowest BCUT2D eigenvalue weighted by Gasteiger charge is -2.54. The number of nitrogens with zero attached hydrogens (tertiary/aromatic N) is 2. The van der Waals surface area contributed by atoms with Crippen LogP contribution in [0.15, 0.2) is 0 Å². The van der Waals surface area contributed by atoms with Crippen LogP contribution < -0.4 is 0 Å². The molecular weight excluding hydrogens is 300 g/mol. The van der Waals surface area contributed by atoms with Crippen molar-refractivity contribution in [2.45, 2.75) is 39.7 Å². The Hall–Kier alpha value is -0.930. The molecule has 1 aliphatic carbocycles. The number of carbonyl (C=O) groups is 1. The highest BCUT2D eigenvalue weighted by Gasteiger charge is 2.58. The van der Waals surface area contributed by atoms with E-state index in [0.717, 1.165) is 19.5 Å². The van der Waals surface area contributed by atoms with Gasteiger partial charge < -0.3 is 9.74 Å². The molecule has 0 amide bonds. The van der Waals surface area contributed by atoms with Crippen molar-refractivity contribution in [2.75, 3.05) is 31.6 Å². The second kappa shape index (κ2) is 5.61. The van der Waals surface area contributed by atoms with Crippen LogP contribution in [0.2, 0.25) is 0 Å². The SMILES string of the molecule is [C-]#[N+]C1C[C@@]2(C)CN(CCS(C)(=O)=O)CCC2C(C)(C)C1=O. The highest BCUT2D eigenvalue weighted by Crippen LogP contribution is 2.53. The molecule has 0 spiro atoms. The second-order valence-corrected chi connectivity index (χ2v) is 10.1. The van der Waals surface area contributed by atoms with Gasteiger partial charge in [0.1, 0.15) is 9.84 Å². The zero-order chi connectivity index (χ0) is 16.8. The monoisotopic (exact) mass is 326 g/mol. The molecule has 22 heavy (non-hydrogen) atoms. The number of fused-ring (bicyclic) bond motifs is 1. The number of rotatable bonds is 3. The first-order chi connectivity index (χ1) is 9.99. The van der Waals surface area contributed by atoms with Crippen LogP contribution in [0.1, 0.15) is 33.6 Å². The average molecular weight is 326 g/mol. The first-order valence-corrected chi connectivity index (χ1v) is 9.87. The van der Waals surface area contributed by atoms with Crippen LogP contribution in [0.5, 0.6) is 0 Å². The van der Waals surface area contributed by atoms with Crippen molar-refractivity contribution in [3.05, 3.63) is 11.4 Å². The van der Waals surface area contributed by atoms with E-state index in [9.17, 15) is 13.2 Å². The smallest absolute Gasteiger partial charge is 0.282 e. The Morgan fingerprint density at radius 3 is 2.55 bits per heavy atom. The van der Waals surface area contributed by atoms with E-state index in [-0.39, 0.29) is 22.9 Å². The number of Topliss-reactive ketones (excluding diaryl/α,β-unsaturated/α-hetero) is 1. The van der Waals surface area contributed by atoms with Gasteiger partial charge in [-0.3, -0.25) is 4.79 Å². The third-order valence-electron chi connectivity index (χ3n) is 5.56. The van der Waals surface area contributed by atoms with Gasteiger partial charge in [-0.2, -0.15) is 0 Å². The minimum absolute atomic E-state index is 0.0783. The molecule has 2 rings (SSSR count). The first kappa shape index (κ1) is 17.4. The molecule has 6 heteroatoms. The molecule has 1 heterocycles. The van der Waals surface area contributed by atoms with Crippen LogP contribution in [0, 0.1) is 23.3 Å². The molecule has 0 aromatic carbocycles. The van der Waals surface area contributed by atoms with Gasteiger partial charge in [0.25, 0.3) is 6.04 Å². The summed E-state index contributed by atoms with van der Waals surface area (Å²) in [6.45, 7) is 15.6. The molecule has 0 N–H and O–H groups in total. The van der Waals surface area contributed by atoms with Crippen LogP contribution >= 0.6 is 0 Å². The number of sulfone groups is 1. The minimum atomic E-state index is -2.96. The molecule has 2 unspecified atom stereocenters. The molecule has 3 atom stereocenters. The molecule has 0 aromatic rings. The van der Waals surface area contributed by atoms with Gasteiger partial charge in [0.2, 0.25) is 5.78 Å². The predicted octanol–water partition coefficient (Wildman–Crippen LogP) is 1.65. The first-order valence-electron chi connectivity index (χ1n) is 7.80. The van der Waals surface area contributed by atoms with Crippen molar-refractivity contribution in [1.82, 2.24) is 4.90 Å². The van der Waals surface area contributed by atoms with Gasteiger partial charge in [0.05, 0.1) is 5.75 Å². The van der Waals surface area contributed by atoms with E-state index < -0.39 is 21.3 Å². The standard InChI is InChI=1S/C16H26N2O3S/c1-15(2)13-6-7-18(8-9-22(5,20)21)11-16(13,3)10-12(17-4)14(15)19/h12-13H,6-11H2,1-3,5H3/t12?,13?,16-/m0/s1. The lowest BCUT2D eigenvalue weighted by Crippen LogP contribution is -2.60. The largest absolute Gasteiger partial charge is 0.305 e. The van der Waals surface area contributed by atoms with E-state index in [1.807, 2.05) is 13.8 Å². The lowest BCUT2D eigenvalue weighted by molar-refractivity contribution is -0.145. The average Bonchev–Trinajstić information content (AvgIpc) is 2.39. The summed E-state index contributed by atoms with van der Waals surface area (Å²) in [4.78, 5) is 18.2. The third kappa shape index (κ3) is 3.21. The molecule has 124 valence electrons. The van der Waals surface area contributed by atoms with Crippen LogP contribution in [-0.4, -0.2) is 56.8 Å². The quantitative estimate of drug-likeness (QED) is 0.740. The Balaban J connectivity index is 2.18. The Morgan fingerprint density at radius 1 is 1.36 bits per heavy atom. The van der Waals surface area contributed by atoms with Crippen molar-refractivity contribution in [1.29, 1.82) is 0 Å². The molecule has 0 radical (unpaired) electrons. The molecule has 2 fully saturated rings. The Labute approximate surface area is 133 Å². The minimum Gasteiger partial charge on any atom is -0.305 e. The number of hydrogen-bond acceptors (Lipinski definition) is 4. The molecule has 5 nitrogen and oxygen atoms in total. The molecule has 2 aliphatic rings. The van der Waals surface area contributed by atoms with Crippen molar-refractivity contribution in [3.63, 3.8) is 0 Å². The summed E-state index contributed by atoms with van der Waals surface area (Å²) in [5.41, 5.74) is -0.562. The van der Waals surface area contributed by atoms with Crippen LogP contribution in [0.3, 0.4) is 0 Å². The van der Waals surface area contributed by atoms with E-state index in [4.69, 9.17) is 6.57 Å². The predicted molar refractivity (Wildman–Crippen MR) is 86.2 cm³/mol. The fourth-order valence-corrected chi connectivity index (χ4v) is 5.11. The highest BCUT2D eigenvalue weighted by molar-refractivity contribution is 7.90. The summed E-state index contributed by atoms with van der Waals surface area (Å²) in [5, 5.41) is 0. The van der Waals surface area contributed by atoms with Crippen molar-refractivity contribution >= 4 is 15.6 Å². The number of piperidine rings is 1. The van der Waals surface area contributed by atoms with Crippen LogP contribution in [-0.2, 0) is 14.6 Å². The normalized spacial score (nSPS) is 35.7. The topological polar surface area (TPSA) is 58.8 Å². The van der Waals surface area contributed by atoms with E-state index >= 15 is 0 Å². The number of hydrogen-bond donors (Lipinski definition) is 0. The molecular formula is C16H26N2O3S. The van der Waals surface area contributed by atoms with Gasteiger partial charge in [-0.15, -0.1) is 0 Å². The highest BCUT2D eigenvalue weighted by atomic mass is 32.2. The van der Waals surface area contributed by atoms with E-state index in [2.05, 4.69) is 16.7 Å². The van der Waals surface area contributed by atoms with Gasteiger partial charge >= 0.3 is 0 Å². The van der Waals surface area contributed by atoms with Crippen LogP contribution in [0.25, 0.3) is 4.85 Å². The molecule has 0 bridgehead atoms. The van der Waals surface area contributed by atoms with Gasteiger partial charge in [-0.25, -0.2) is 15.0 Å². The summed E-state index contributed by atoms with van der Waals surface area (Å²) in [7, 11) is -2.96. The van der Waals surface area contributed by atoms with E-state index in [0.29, 0.717) is 13.0 Å². The number of likely N-dealkylation sites (tertiary alicyclic amines) is 1. The third-order valence-corrected chi connectivity index (χ3v) is 6.49. The Morgan fingerprint density at radius 2 is 2.00 bits per heavy atom. The maximum Gasteiger partial charge on any atom is 0.282 e. The summed E-state index contributed by atoms with van der Waals surface area (Å²) < 4.78 is 22.7. The molecule has 1 saturated carbocycles. The van der Waals surface area contributed by atoms with Crippen LogP contribution in [0.4, 0.5) is 0 Å². The maximum absolute atomic E-state index is 12.5. The molecule has 1 aliphatic heterocycles. The van der Waals surface area contributed by atoms with Crippen molar-refractivity contribution in [3.8, 4) is 0 Å². The summed E-state index contributed by atoms with van der Waals surface area (Å²) in [6.07, 6.45) is 2.75. The van der Waals surface area contributed by atoms with E-state index in [1.54, 1.807) is 0 Å². The zero-order valence-corrected chi connectivity index (χ0v) is 14.7. The van der Waals surface area contributed by atoms with Gasteiger partial charge in [0, 0.05) is 31.2 Å². The van der Waals surface area contributed by atoms with E-state index in [1.165, 1.54) is 6.26 Å². The second-order valence-electron chi connectivity index (χ2n) is 7.84. The summed E-state index contributed by atoms with van der Waals surface area (Å²) >= 11 is 0. The van der Waals surface area contributed by atoms with Crippen molar-refractivity contribution < 1.29 is 13.2 Å². The Bertz CT molecular complexity index is 605. The maximum atomic E-state index is 12.5. The zero-order valence-electron chi connectivity index (χ0n) is 13.9. The summed E-state index contributed by atoms with van der Waals surface area (Å²) in [5.74, 6) is 0.511. The fraction of sp³-hybridized carbons (Fsp3) is 0.875. The van der Waals surface area contributed by atoms with Crippen molar-refractivity contribution in [2.24, 2.45) is 16.7 Å². The molecule has 0 aromatic heterocycles. The number of carbonyl (C=O) groups excluding carboxylic acids is 1.